The third-order valence-corrected chi connectivity index (χ3v) is 5.44. The molecule has 5 heteroatoms. The molecule has 1 saturated heterocycles. The van der Waals surface area contributed by atoms with Gasteiger partial charge in [-0.3, -0.25) is 9.59 Å². The van der Waals surface area contributed by atoms with Crippen LogP contribution in [-0.2, 0) is 6.42 Å². The number of amides is 1. The van der Waals surface area contributed by atoms with Crippen LogP contribution in [0.5, 0.6) is 5.75 Å². The Labute approximate surface area is 171 Å². The number of rotatable bonds is 6. The summed E-state index contributed by atoms with van der Waals surface area (Å²) >= 11 is 0. The van der Waals surface area contributed by atoms with Crippen LogP contribution in [0.25, 0.3) is 0 Å². The minimum absolute atomic E-state index is 0.0383. The van der Waals surface area contributed by atoms with Gasteiger partial charge in [-0.05, 0) is 42.9 Å². The van der Waals surface area contributed by atoms with Crippen molar-refractivity contribution >= 4 is 11.7 Å². The second-order valence-electron chi connectivity index (χ2n) is 8.07. The molecule has 0 saturated carbocycles. The van der Waals surface area contributed by atoms with Crippen LogP contribution in [0.3, 0.4) is 0 Å². The van der Waals surface area contributed by atoms with Crippen LogP contribution in [0.15, 0.2) is 42.5 Å². The zero-order valence-electron chi connectivity index (χ0n) is 17.3. The summed E-state index contributed by atoms with van der Waals surface area (Å²) in [4.78, 5) is 27.1. The molecular formula is C24H28FNO3. The highest BCUT2D eigenvalue weighted by Gasteiger charge is 2.29. The fourth-order valence-electron chi connectivity index (χ4n) is 3.82. The molecule has 0 bridgehead atoms. The summed E-state index contributed by atoms with van der Waals surface area (Å²) in [5.41, 5.74) is 2.00. The van der Waals surface area contributed by atoms with Gasteiger partial charge in [-0.1, -0.05) is 38.1 Å². The lowest BCUT2D eigenvalue weighted by molar-refractivity contribution is 0.0646. The Morgan fingerprint density at radius 3 is 2.31 bits per heavy atom. The third-order valence-electron chi connectivity index (χ3n) is 5.44. The number of carbonyl (C=O) groups is 2. The molecule has 1 aliphatic rings. The molecule has 3 rings (SSSR count). The topological polar surface area (TPSA) is 46.6 Å². The van der Waals surface area contributed by atoms with Gasteiger partial charge in [-0.15, -0.1) is 0 Å². The van der Waals surface area contributed by atoms with Crippen LogP contribution in [0, 0.1) is 17.7 Å². The maximum atomic E-state index is 14.2. The maximum absolute atomic E-state index is 14.2. The minimum atomic E-state index is -0.589. The molecule has 4 nitrogen and oxygen atoms in total. The van der Waals surface area contributed by atoms with Gasteiger partial charge < -0.3 is 9.64 Å². The van der Waals surface area contributed by atoms with E-state index in [1.165, 1.54) is 24.8 Å². The first kappa shape index (κ1) is 21.0. The largest absolute Gasteiger partial charge is 0.497 e. The summed E-state index contributed by atoms with van der Waals surface area (Å²) in [6.07, 6.45) is 2.18. The number of hydrogen-bond donors (Lipinski definition) is 0. The van der Waals surface area contributed by atoms with Crippen molar-refractivity contribution in [3.05, 3.63) is 65.0 Å². The third kappa shape index (κ3) is 5.03. The number of hydrogen-bond acceptors (Lipinski definition) is 3. The number of ketones is 1. The summed E-state index contributed by atoms with van der Waals surface area (Å²) in [6.45, 7) is 5.25. The van der Waals surface area contributed by atoms with Crippen LogP contribution >= 0.6 is 0 Å². The van der Waals surface area contributed by atoms with E-state index in [1.54, 1.807) is 11.0 Å². The number of likely N-dealkylation sites (tertiary alicyclic amines) is 1. The molecule has 1 fully saturated rings. The number of piperidine rings is 1. The lowest BCUT2D eigenvalue weighted by atomic mass is 9.88. The first-order valence-electron chi connectivity index (χ1n) is 10.1. The first-order chi connectivity index (χ1) is 13.9. The second kappa shape index (κ2) is 9.21. The number of methoxy groups -OCH3 is 1. The van der Waals surface area contributed by atoms with Gasteiger partial charge in [0.15, 0.2) is 5.78 Å². The minimum Gasteiger partial charge on any atom is -0.497 e. The number of Topliss-reactive ketones (excluding diaryl/α,β-unsaturated/α-hetero) is 1. The Hall–Kier alpha value is -2.69. The molecule has 154 valence electrons. The SMILES string of the molecule is COc1ccc(C(=O)N2CCC(C(=O)c3ccc(CC(C)C)cc3)CC2)c(F)c1. The summed E-state index contributed by atoms with van der Waals surface area (Å²) in [6, 6.07) is 12.1. The van der Waals surface area contributed by atoms with Gasteiger partial charge in [-0.25, -0.2) is 4.39 Å². The molecule has 29 heavy (non-hydrogen) atoms. The van der Waals surface area contributed by atoms with Crippen molar-refractivity contribution in [3.8, 4) is 5.75 Å². The average Bonchev–Trinajstić information content (AvgIpc) is 2.73. The van der Waals surface area contributed by atoms with E-state index in [2.05, 4.69) is 13.8 Å². The molecule has 0 aromatic heterocycles. The van der Waals surface area contributed by atoms with Gasteiger partial charge in [0.1, 0.15) is 11.6 Å². The van der Waals surface area contributed by atoms with Crippen molar-refractivity contribution in [1.29, 1.82) is 0 Å². The normalized spacial score (nSPS) is 14.9. The highest BCUT2D eigenvalue weighted by Crippen LogP contribution is 2.25. The molecule has 0 N–H and O–H groups in total. The fraction of sp³-hybridized carbons (Fsp3) is 0.417. The van der Waals surface area contributed by atoms with Gasteiger partial charge in [0, 0.05) is 30.6 Å². The summed E-state index contributed by atoms with van der Waals surface area (Å²) in [7, 11) is 1.45. The van der Waals surface area contributed by atoms with Gasteiger partial charge in [0.25, 0.3) is 5.91 Å². The predicted octanol–water partition coefficient (Wildman–Crippen LogP) is 4.77. The van der Waals surface area contributed by atoms with E-state index in [1.807, 2.05) is 24.3 Å². The van der Waals surface area contributed by atoms with Crippen LogP contribution in [0.1, 0.15) is 53.0 Å². The first-order valence-corrected chi connectivity index (χ1v) is 10.1. The Balaban J connectivity index is 1.59. The van der Waals surface area contributed by atoms with Crippen molar-refractivity contribution in [2.75, 3.05) is 20.2 Å². The van der Waals surface area contributed by atoms with E-state index in [0.717, 1.165) is 12.0 Å². The van der Waals surface area contributed by atoms with Gasteiger partial charge in [0.2, 0.25) is 0 Å². The number of carbonyl (C=O) groups excluding carboxylic acids is 2. The quantitative estimate of drug-likeness (QED) is 0.660. The molecule has 2 aromatic rings. The number of benzene rings is 2. The monoisotopic (exact) mass is 397 g/mol. The second-order valence-corrected chi connectivity index (χ2v) is 8.07. The number of halogens is 1. The summed E-state index contributed by atoms with van der Waals surface area (Å²) in [5.74, 6) is 0.0550. The van der Waals surface area contributed by atoms with Crippen molar-refractivity contribution in [3.63, 3.8) is 0 Å². The zero-order valence-corrected chi connectivity index (χ0v) is 17.3. The van der Waals surface area contributed by atoms with E-state index >= 15 is 0 Å². The van der Waals surface area contributed by atoms with Crippen LogP contribution < -0.4 is 4.74 Å². The lowest BCUT2D eigenvalue weighted by Crippen LogP contribution is -2.40. The molecule has 1 heterocycles. The summed E-state index contributed by atoms with van der Waals surface area (Å²) in [5, 5.41) is 0. The van der Waals surface area contributed by atoms with Crippen molar-refractivity contribution in [2.24, 2.45) is 11.8 Å². The molecule has 1 amide bonds. The fourth-order valence-corrected chi connectivity index (χ4v) is 3.82. The number of nitrogens with zero attached hydrogens (tertiary/aromatic N) is 1. The average molecular weight is 397 g/mol. The van der Waals surface area contributed by atoms with Gasteiger partial charge in [0.05, 0.1) is 12.7 Å². The molecular weight excluding hydrogens is 369 g/mol. The molecule has 0 atom stereocenters. The smallest absolute Gasteiger partial charge is 0.256 e. The van der Waals surface area contributed by atoms with Gasteiger partial charge in [-0.2, -0.15) is 0 Å². The van der Waals surface area contributed by atoms with Crippen LogP contribution in [0.4, 0.5) is 4.39 Å². The predicted molar refractivity (Wildman–Crippen MR) is 111 cm³/mol. The van der Waals surface area contributed by atoms with E-state index in [-0.39, 0.29) is 23.2 Å². The van der Waals surface area contributed by atoms with E-state index in [9.17, 15) is 14.0 Å². The van der Waals surface area contributed by atoms with Crippen molar-refractivity contribution in [1.82, 2.24) is 4.90 Å². The van der Waals surface area contributed by atoms with Crippen LogP contribution in [-0.4, -0.2) is 36.8 Å². The number of ether oxygens (including phenoxy) is 1. The van der Waals surface area contributed by atoms with E-state index in [4.69, 9.17) is 4.74 Å². The molecule has 2 aromatic carbocycles. The van der Waals surface area contributed by atoms with E-state index in [0.29, 0.717) is 37.6 Å². The van der Waals surface area contributed by atoms with E-state index < -0.39 is 5.82 Å². The molecule has 0 unspecified atom stereocenters. The Morgan fingerprint density at radius 2 is 1.76 bits per heavy atom. The molecule has 1 aliphatic heterocycles. The summed E-state index contributed by atoms with van der Waals surface area (Å²) < 4.78 is 19.2. The highest BCUT2D eigenvalue weighted by molar-refractivity contribution is 5.98. The van der Waals surface area contributed by atoms with Gasteiger partial charge >= 0.3 is 0 Å². The Kier molecular flexibility index (Phi) is 6.68. The lowest BCUT2D eigenvalue weighted by Gasteiger charge is -2.31. The van der Waals surface area contributed by atoms with Crippen LogP contribution in [0.2, 0.25) is 0 Å². The standard InChI is InChI=1S/C24H28FNO3/c1-16(2)14-17-4-6-18(7-5-17)23(27)19-10-12-26(13-11-19)24(28)21-9-8-20(29-3)15-22(21)25/h4-9,15-16,19H,10-14H2,1-3H3. The Bertz CT molecular complexity index is 868. The Morgan fingerprint density at radius 1 is 1.10 bits per heavy atom. The van der Waals surface area contributed by atoms with Crippen molar-refractivity contribution in [2.45, 2.75) is 33.1 Å². The zero-order chi connectivity index (χ0) is 21.0. The van der Waals surface area contributed by atoms with Crippen molar-refractivity contribution < 1.29 is 18.7 Å². The molecule has 0 spiro atoms. The molecule has 0 radical (unpaired) electrons. The molecule has 0 aliphatic carbocycles. The highest BCUT2D eigenvalue weighted by atomic mass is 19.1. The maximum Gasteiger partial charge on any atom is 0.256 e.